The highest BCUT2D eigenvalue weighted by Gasteiger charge is 2.24. The number of carboxylic acid groups (broad SMARTS) is 1. The molecule has 0 saturated carbocycles. The SMILES string of the molecule is CC(C)C(=O)NS(=O)(=O)c1ccc(C(=O)O)o1. The van der Waals surface area contributed by atoms with Gasteiger partial charge in [-0.05, 0) is 12.1 Å². The molecule has 1 amide bonds. The number of amides is 1. The maximum atomic E-state index is 11.6. The van der Waals surface area contributed by atoms with Gasteiger partial charge in [0.1, 0.15) is 0 Å². The molecule has 0 radical (unpaired) electrons. The molecule has 0 fully saturated rings. The predicted molar refractivity (Wildman–Crippen MR) is 55.8 cm³/mol. The van der Waals surface area contributed by atoms with Crippen molar-refractivity contribution in [3.8, 4) is 0 Å². The molecule has 1 aromatic heterocycles. The predicted octanol–water partition coefficient (Wildman–Crippen LogP) is 0.439. The van der Waals surface area contributed by atoms with Crippen molar-refractivity contribution in [1.82, 2.24) is 4.72 Å². The van der Waals surface area contributed by atoms with Gasteiger partial charge in [0, 0.05) is 5.92 Å². The minimum Gasteiger partial charge on any atom is -0.475 e. The molecule has 2 N–H and O–H groups in total. The highest BCUT2D eigenvalue weighted by molar-refractivity contribution is 7.89. The van der Waals surface area contributed by atoms with Crippen molar-refractivity contribution >= 4 is 21.9 Å². The van der Waals surface area contributed by atoms with Crippen molar-refractivity contribution < 1.29 is 27.5 Å². The van der Waals surface area contributed by atoms with E-state index in [0.717, 1.165) is 12.1 Å². The van der Waals surface area contributed by atoms with Crippen LogP contribution in [-0.2, 0) is 14.8 Å². The quantitative estimate of drug-likeness (QED) is 0.812. The third kappa shape index (κ3) is 3.06. The van der Waals surface area contributed by atoms with E-state index in [2.05, 4.69) is 4.42 Å². The summed E-state index contributed by atoms with van der Waals surface area (Å²) in [7, 11) is -4.15. The fraction of sp³-hybridized carbons (Fsp3) is 0.333. The van der Waals surface area contributed by atoms with Gasteiger partial charge in [-0.3, -0.25) is 4.79 Å². The van der Waals surface area contributed by atoms with Crippen molar-refractivity contribution in [3.05, 3.63) is 17.9 Å². The van der Waals surface area contributed by atoms with E-state index in [0.29, 0.717) is 0 Å². The van der Waals surface area contributed by atoms with Gasteiger partial charge in [-0.1, -0.05) is 13.8 Å². The van der Waals surface area contributed by atoms with E-state index in [9.17, 15) is 18.0 Å². The molecule has 94 valence electrons. The van der Waals surface area contributed by atoms with E-state index in [1.165, 1.54) is 13.8 Å². The molecule has 0 atom stereocenters. The van der Waals surface area contributed by atoms with E-state index in [1.54, 1.807) is 4.72 Å². The van der Waals surface area contributed by atoms with Crippen LogP contribution in [0.2, 0.25) is 0 Å². The molecule has 7 nitrogen and oxygen atoms in total. The van der Waals surface area contributed by atoms with Crippen LogP contribution >= 0.6 is 0 Å². The van der Waals surface area contributed by atoms with Crippen LogP contribution in [0.3, 0.4) is 0 Å². The first kappa shape index (κ1) is 13.2. The molecule has 0 unspecified atom stereocenters. The van der Waals surface area contributed by atoms with Crippen LogP contribution in [0.15, 0.2) is 21.6 Å². The van der Waals surface area contributed by atoms with Gasteiger partial charge in [-0.25, -0.2) is 9.52 Å². The van der Waals surface area contributed by atoms with Crippen molar-refractivity contribution in [2.75, 3.05) is 0 Å². The molecular formula is C9H11NO6S. The number of sulfonamides is 1. The third-order valence-corrected chi connectivity index (χ3v) is 3.04. The monoisotopic (exact) mass is 261 g/mol. The van der Waals surface area contributed by atoms with Crippen molar-refractivity contribution in [3.63, 3.8) is 0 Å². The molecule has 17 heavy (non-hydrogen) atoms. The summed E-state index contributed by atoms with van der Waals surface area (Å²) in [6.45, 7) is 3.05. The van der Waals surface area contributed by atoms with Gasteiger partial charge >= 0.3 is 5.97 Å². The topological polar surface area (TPSA) is 114 Å². The summed E-state index contributed by atoms with van der Waals surface area (Å²) < 4.78 is 29.5. The number of hydrogen-bond donors (Lipinski definition) is 2. The fourth-order valence-electron chi connectivity index (χ4n) is 0.880. The van der Waals surface area contributed by atoms with Gasteiger partial charge in [0.25, 0.3) is 10.0 Å². The number of furan rings is 1. The van der Waals surface area contributed by atoms with Crippen LogP contribution in [-0.4, -0.2) is 25.4 Å². The van der Waals surface area contributed by atoms with E-state index in [-0.39, 0.29) is 0 Å². The Balaban J connectivity index is 2.97. The summed E-state index contributed by atoms with van der Waals surface area (Å²) in [5.74, 6) is -3.11. The average Bonchev–Trinajstić information content (AvgIpc) is 2.65. The Kier molecular flexibility index (Phi) is 3.56. The second-order valence-corrected chi connectivity index (χ2v) is 5.16. The molecule has 0 aromatic carbocycles. The van der Waals surface area contributed by atoms with Crippen molar-refractivity contribution in [1.29, 1.82) is 0 Å². The van der Waals surface area contributed by atoms with Gasteiger partial charge in [0.15, 0.2) is 0 Å². The van der Waals surface area contributed by atoms with Crippen molar-refractivity contribution in [2.24, 2.45) is 5.92 Å². The van der Waals surface area contributed by atoms with Gasteiger partial charge in [0.2, 0.25) is 16.8 Å². The highest BCUT2D eigenvalue weighted by atomic mass is 32.2. The number of carbonyl (C=O) groups excluding carboxylic acids is 1. The number of carboxylic acids is 1. The lowest BCUT2D eigenvalue weighted by molar-refractivity contribution is -0.122. The van der Waals surface area contributed by atoms with Crippen LogP contribution in [0.4, 0.5) is 0 Å². The number of carbonyl (C=O) groups is 2. The normalized spacial score (nSPS) is 11.5. The molecule has 1 rings (SSSR count). The number of hydrogen-bond acceptors (Lipinski definition) is 5. The summed E-state index contributed by atoms with van der Waals surface area (Å²) >= 11 is 0. The maximum absolute atomic E-state index is 11.6. The molecule has 1 heterocycles. The summed E-state index contributed by atoms with van der Waals surface area (Å²) in [5, 5.41) is 7.95. The zero-order valence-corrected chi connectivity index (χ0v) is 9.95. The molecule has 0 aliphatic rings. The summed E-state index contributed by atoms with van der Waals surface area (Å²) in [5.41, 5.74) is 0. The molecule has 0 spiro atoms. The average molecular weight is 261 g/mol. The van der Waals surface area contributed by atoms with Crippen LogP contribution < -0.4 is 4.72 Å². The van der Waals surface area contributed by atoms with Crippen LogP contribution in [0.5, 0.6) is 0 Å². The number of nitrogens with one attached hydrogen (secondary N) is 1. The van der Waals surface area contributed by atoms with Crippen LogP contribution in [0.1, 0.15) is 24.4 Å². The Morgan fingerprint density at radius 1 is 1.35 bits per heavy atom. The zero-order chi connectivity index (χ0) is 13.2. The summed E-state index contributed by atoms with van der Waals surface area (Å²) in [6.07, 6.45) is 0. The van der Waals surface area contributed by atoms with E-state index in [1.807, 2.05) is 0 Å². The minimum atomic E-state index is -4.15. The molecule has 0 bridgehead atoms. The Morgan fingerprint density at radius 3 is 2.35 bits per heavy atom. The summed E-state index contributed by atoms with van der Waals surface area (Å²) in [4.78, 5) is 21.7. The van der Waals surface area contributed by atoms with E-state index in [4.69, 9.17) is 5.11 Å². The minimum absolute atomic E-state index is 0.512. The first-order valence-corrected chi connectivity index (χ1v) is 6.12. The standard InChI is InChI=1S/C9H11NO6S/c1-5(2)8(11)10-17(14,15)7-4-3-6(16-7)9(12)13/h3-5H,1-2H3,(H,10,11)(H,12,13). The second-order valence-electron chi connectivity index (χ2n) is 3.55. The van der Waals surface area contributed by atoms with Gasteiger partial charge in [-0.15, -0.1) is 0 Å². The number of rotatable bonds is 4. The van der Waals surface area contributed by atoms with Crippen LogP contribution in [0, 0.1) is 5.92 Å². The smallest absolute Gasteiger partial charge is 0.371 e. The van der Waals surface area contributed by atoms with Crippen LogP contribution in [0.25, 0.3) is 0 Å². The molecule has 0 aliphatic carbocycles. The zero-order valence-electron chi connectivity index (χ0n) is 9.13. The lowest BCUT2D eigenvalue weighted by Crippen LogP contribution is -2.33. The largest absolute Gasteiger partial charge is 0.475 e. The summed E-state index contributed by atoms with van der Waals surface area (Å²) in [6, 6.07) is 1.97. The van der Waals surface area contributed by atoms with Gasteiger partial charge < -0.3 is 9.52 Å². The molecule has 1 aromatic rings. The van der Waals surface area contributed by atoms with Gasteiger partial charge in [0.05, 0.1) is 0 Å². The highest BCUT2D eigenvalue weighted by Crippen LogP contribution is 2.14. The van der Waals surface area contributed by atoms with Crippen molar-refractivity contribution in [2.45, 2.75) is 18.9 Å². The first-order chi connectivity index (χ1) is 7.74. The Morgan fingerprint density at radius 2 is 1.94 bits per heavy atom. The first-order valence-electron chi connectivity index (χ1n) is 4.64. The van der Waals surface area contributed by atoms with Gasteiger partial charge in [-0.2, -0.15) is 8.42 Å². The van der Waals surface area contributed by atoms with E-state index >= 15 is 0 Å². The molecular weight excluding hydrogens is 250 g/mol. The molecule has 0 saturated heterocycles. The molecule has 0 aliphatic heterocycles. The number of aromatic carboxylic acids is 1. The Bertz CT molecular complexity index is 542. The maximum Gasteiger partial charge on any atom is 0.371 e. The lowest BCUT2D eigenvalue weighted by atomic mass is 10.2. The second kappa shape index (κ2) is 4.58. The Labute approximate surface area is 97.5 Å². The van der Waals surface area contributed by atoms with E-state index < -0.39 is 38.7 Å². The fourth-order valence-corrected chi connectivity index (χ4v) is 1.93. The molecule has 8 heteroatoms. The lowest BCUT2D eigenvalue weighted by Gasteiger charge is -2.06. The third-order valence-electron chi connectivity index (χ3n) is 1.82. The Hall–Kier alpha value is -1.83.